The molecule has 17 heavy (non-hydrogen) atoms. The quantitative estimate of drug-likeness (QED) is 0.822. The van der Waals surface area contributed by atoms with Gasteiger partial charge in [0.05, 0.1) is 11.3 Å². The molecule has 1 rings (SSSR count). The topological polar surface area (TPSA) is 70.0 Å². The number of nitrogens with zero attached hydrogens (tertiary/aromatic N) is 1. The fourth-order valence-corrected chi connectivity index (χ4v) is 4.31. The molecule has 1 aliphatic carbocycles. The molecule has 0 spiro atoms. The molecule has 1 fully saturated rings. The van der Waals surface area contributed by atoms with Gasteiger partial charge in [0.25, 0.3) is 0 Å². The number of hydrogen-bond acceptors (Lipinski definition) is 3. The zero-order chi connectivity index (χ0) is 12.9. The van der Waals surface area contributed by atoms with Crippen LogP contribution in [0, 0.1) is 11.3 Å². The van der Waals surface area contributed by atoms with Crippen molar-refractivity contribution in [1.82, 2.24) is 4.72 Å². The molecule has 0 aromatic heterocycles. The van der Waals surface area contributed by atoms with Crippen molar-refractivity contribution in [2.24, 2.45) is 0 Å². The smallest absolute Gasteiger partial charge is 0.212 e. The summed E-state index contributed by atoms with van der Waals surface area (Å²) in [6.45, 7) is 3.69. The highest BCUT2D eigenvalue weighted by Crippen LogP contribution is 2.25. The first kappa shape index (κ1) is 14.5. The van der Waals surface area contributed by atoms with Gasteiger partial charge in [-0.25, -0.2) is 8.42 Å². The first-order valence-electron chi connectivity index (χ1n) is 6.43. The summed E-state index contributed by atoms with van der Waals surface area (Å²) in [4.78, 5) is 0. The summed E-state index contributed by atoms with van der Waals surface area (Å²) in [6.07, 6.45) is 5.54. The Hall–Kier alpha value is -0.600. The third-order valence-corrected chi connectivity index (χ3v) is 5.77. The lowest BCUT2D eigenvalue weighted by Gasteiger charge is -2.29. The average Bonchev–Trinajstić information content (AvgIpc) is 2.37. The number of nitriles is 1. The molecule has 98 valence electrons. The molecular formula is C12H22N2O2S. The SMILES string of the molecule is CCC(C#N)(CC)NS(=O)(=O)C1CCCCC1. The van der Waals surface area contributed by atoms with E-state index in [0.717, 1.165) is 32.1 Å². The fourth-order valence-electron chi connectivity index (χ4n) is 2.31. The largest absolute Gasteiger partial charge is 0.215 e. The van der Waals surface area contributed by atoms with Crippen molar-refractivity contribution in [3.63, 3.8) is 0 Å². The van der Waals surface area contributed by atoms with Crippen LogP contribution in [0.15, 0.2) is 0 Å². The predicted molar refractivity (Wildman–Crippen MR) is 67.9 cm³/mol. The van der Waals surface area contributed by atoms with Gasteiger partial charge >= 0.3 is 0 Å². The van der Waals surface area contributed by atoms with Crippen LogP contribution in [0.5, 0.6) is 0 Å². The third-order valence-electron chi connectivity index (χ3n) is 3.75. The van der Waals surface area contributed by atoms with Gasteiger partial charge in [-0.1, -0.05) is 33.1 Å². The van der Waals surface area contributed by atoms with Gasteiger partial charge in [-0.3, -0.25) is 0 Å². The molecule has 0 unspecified atom stereocenters. The van der Waals surface area contributed by atoms with E-state index in [9.17, 15) is 8.42 Å². The summed E-state index contributed by atoms with van der Waals surface area (Å²) in [7, 11) is -3.35. The molecule has 0 radical (unpaired) electrons. The van der Waals surface area contributed by atoms with Gasteiger partial charge in [0.2, 0.25) is 10.0 Å². The molecule has 1 aliphatic rings. The van der Waals surface area contributed by atoms with Crippen molar-refractivity contribution in [3.05, 3.63) is 0 Å². The van der Waals surface area contributed by atoms with Crippen molar-refractivity contribution >= 4 is 10.0 Å². The Bertz CT molecular complexity index is 374. The molecular weight excluding hydrogens is 236 g/mol. The van der Waals surface area contributed by atoms with E-state index < -0.39 is 15.6 Å². The third kappa shape index (κ3) is 3.43. The Morgan fingerprint density at radius 1 is 1.24 bits per heavy atom. The molecule has 0 saturated heterocycles. The minimum Gasteiger partial charge on any atom is -0.212 e. The van der Waals surface area contributed by atoms with Gasteiger partial charge in [-0.05, 0) is 25.7 Å². The van der Waals surface area contributed by atoms with E-state index in [-0.39, 0.29) is 5.25 Å². The van der Waals surface area contributed by atoms with Crippen molar-refractivity contribution in [2.45, 2.75) is 69.6 Å². The summed E-state index contributed by atoms with van der Waals surface area (Å²) in [5.74, 6) is 0. The Morgan fingerprint density at radius 2 is 1.76 bits per heavy atom. The molecule has 1 saturated carbocycles. The minimum atomic E-state index is -3.35. The molecule has 0 atom stereocenters. The summed E-state index contributed by atoms with van der Waals surface area (Å²) in [6, 6.07) is 2.12. The summed E-state index contributed by atoms with van der Waals surface area (Å²) in [5, 5.41) is 8.86. The average molecular weight is 258 g/mol. The summed E-state index contributed by atoms with van der Waals surface area (Å²) < 4.78 is 27.1. The highest BCUT2D eigenvalue weighted by molar-refractivity contribution is 7.90. The van der Waals surface area contributed by atoms with Crippen LogP contribution in [-0.4, -0.2) is 19.2 Å². The van der Waals surface area contributed by atoms with Crippen molar-refractivity contribution in [1.29, 1.82) is 5.26 Å². The van der Waals surface area contributed by atoms with Gasteiger partial charge in [0.15, 0.2) is 0 Å². The molecule has 0 aromatic rings. The number of nitrogens with one attached hydrogen (secondary N) is 1. The van der Waals surface area contributed by atoms with E-state index >= 15 is 0 Å². The second kappa shape index (κ2) is 5.83. The van der Waals surface area contributed by atoms with Crippen molar-refractivity contribution < 1.29 is 8.42 Å². The van der Waals surface area contributed by atoms with Crippen LogP contribution in [0.4, 0.5) is 0 Å². The van der Waals surface area contributed by atoms with Gasteiger partial charge in [-0.2, -0.15) is 9.98 Å². The molecule has 1 N–H and O–H groups in total. The summed E-state index contributed by atoms with van der Waals surface area (Å²) in [5.41, 5.74) is -0.920. The van der Waals surface area contributed by atoms with Crippen LogP contribution in [0.1, 0.15) is 58.8 Å². The number of rotatable bonds is 5. The van der Waals surface area contributed by atoms with Crippen LogP contribution < -0.4 is 4.72 Å². The zero-order valence-electron chi connectivity index (χ0n) is 10.7. The maximum Gasteiger partial charge on any atom is 0.215 e. The minimum absolute atomic E-state index is 0.304. The lowest BCUT2D eigenvalue weighted by Crippen LogP contribution is -2.50. The van der Waals surface area contributed by atoms with E-state index in [1.54, 1.807) is 0 Å². The second-order valence-corrected chi connectivity index (χ2v) is 6.77. The first-order valence-corrected chi connectivity index (χ1v) is 7.98. The van der Waals surface area contributed by atoms with Crippen LogP contribution in [0.3, 0.4) is 0 Å². The van der Waals surface area contributed by atoms with Crippen molar-refractivity contribution in [2.75, 3.05) is 0 Å². The molecule has 0 bridgehead atoms. The molecule has 0 amide bonds. The lowest BCUT2D eigenvalue weighted by molar-refractivity contribution is 0.426. The highest BCUT2D eigenvalue weighted by atomic mass is 32.2. The van der Waals surface area contributed by atoms with E-state index in [4.69, 9.17) is 5.26 Å². The van der Waals surface area contributed by atoms with Crippen molar-refractivity contribution in [3.8, 4) is 6.07 Å². The maximum absolute atomic E-state index is 12.2. The van der Waals surface area contributed by atoms with Crippen LogP contribution in [0.25, 0.3) is 0 Å². The van der Waals surface area contributed by atoms with E-state index in [2.05, 4.69) is 10.8 Å². The van der Waals surface area contributed by atoms with E-state index in [1.807, 2.05) is 13.8 Å². The number of sulfonamides is 1. The van der Waals surface area contributed by atoms with Gasteiger partial charge in [0, 0.05) is 0 Å². The Labute approximate surface area is 104 Å². The summed E-state index contributed by atoms with van der Waals surface area (Å²) >= 11 is 0. The molecule has 0 aromatic carbocycles. The second-order valence-electron chi connectivity index (χ2n) is 4.81. The van der Waals surface area contributed by atoms with Gasteiger partial charge < -0.3 is 0 Å². The fraction of sp³-hybridized carbons (Fsp3) is 0.917. The number of hydrogen-bond donors (Lipinski definition) is 1. The van der Waals surface area contributed by atoms with Crippen LogP contribution in [0.2, 0.25) is 0 Å². The standard InChI is InChI=1S/C12H22N2O2S/c1-3-12(4-2,10-13)14-17(15,16)11-8-6-5-7-9-11/h11,14H,3-9H2,1-2H3. The molecule has 0 heterocycles. The van der Waals surface area contributed by atoms with Crippen LogP contribution in [-0.2, 0) is 10.0 Å². The van der Waals surface area contributed by atoms with Gasteiger partial charge in [0.1, 0.15) is 5.54 Å². The van der Waals surface area contributed by atoms with E-state index in [1.165, 1.54) is 0 Å². The molecule has 5 heteroatoms. The Morgan fingerprint density at radius 3 is 2.18 bits per heavy atom. The predicted octanol–water partition coefficient (Wildman–Crippen LogP) is 2.32. The Balaban J connectivity index is 2.81. The van der Waals surface area contributed by atoms with Gasteiger partial charge in [-0.15, -0.1) is 0 Å². The molecule has 0 aliphatic heterocycles. The first-order chi connectivity index (χ1) is 7.99. The monoisotopic (exact) mass is 258 g/mol. The molecule has 4 nitrogen and oxygen atoms in total. The Kier molecular flexibility index (Phi) is 4.96. The zero-order valence-corrected chi connectivity index (χ0v) is 11.5. The van der Waals surface area contributed by atoms with Crippen LogP contribution >= 0.6 is 0 Å². The lowest BCUT2D eigenvalue weighted by atomic mass is 9.97. The van der Waals surface area contributed by atoms with E-state index in [0.29, 0.717) is 12.8 Å². The highest BCUT2D eigenvalue weighted by Gasteiger charge is 2.36. The maximum atomic E-state index is 12.2. The normalized spacial score (nSPS) is 18.9.